The van der Waals surface area contributed by atoms with E-state index in [1.54, 1.807) is 11.0 Å². The van der Waals surface area contributed by atoms with Gasteiger partial charge in [0.05, 0.1) is 36.1 Å². The van der Waals surface area contributed by atoms with Crippen molar-refractivity contribution in [1.82, 2.24) is 14.9 Å². The third-order valence-electron chi connectivity index (χ3n) is 5.24. The van der Waals surface area contributed by atoms with Gasteiger partial charge >= 0.3 is 5.97 Å². The Bertz CT molecular complexity index is 871. The van der Waals surface area contributed by atoms with E-state index < -0.39 is 29.5 Å². The number of aromatic amines is 1. The summed E-state index contributed by atoms with van der Waals surface area (Å²) in [5, 5.41) is 9.46. The molecule has 3 aliphatic heterocycles. The van der Waals surface area contributed by atoms with Gasteiger partial charge in [0.15, 0.2) is 0 Å². The van der Waals surface area contributed by atoms with Crippen molar-refractivity contribution in [2.75, 3.05) is 6.54 Å². The molecular weight excluding hydrogens is 310 g/mol. The molecule has 2 saturated heterocycles. The van der Waals surface area contributed by atoms with Gasteiger partial charge in [-0.1, -0.05) is 24.3 Å². The molecule has 0 radical (unpaired) electrons. The largest absolute Gasteiger partial charge is 0.481 e. The molecule has 1 amide bonds. The second kappa shape index (κ2) is 4.45. The lowest BCUT2D eigenvalue weighted by atomic mass is 9.77. The van der Waals surface area contributed by atoms with Gasteiger partial charge < -0.3 is 19.7 Å². The van der Waals surface area contributed by atoms with Crippen LogP contribution in [0.15, 0.2) is 36.4 Å². The molecule has 0 aliphatic carbocycles. The van der Waals surface area contributed by atoms with Crippen LogP contribution in [0.1, 0.15) is 5.82 Å². The van der Waals surface area contributed by atoms with Gasteiger partial charge in [-0.2, -0.15) is 0 Å². The Morgan fingerprint density at radius 1 is 1.46 bits per heavy atom. The minimum Gasteiger partial charge on any atom is -0.481 e. The SMILES string of the molecule is O=C(O)C1C2C=CC3(CN(Cc4nc5ccccc5[nH]4)C(=O)C13)O2. The van der Waals surface area contributed by atoms with Crippen molar-refractivity contribution in [2.24, 2.45) is 11.8 Å². The number of imidazole rings is 1. The fourth-order valence-electron chi connectivity index (χ4n) is 4.26. The first kappa shape index (κ1) is 13.7. The molecule has 24 heavy (non-hydrogen) atoms. The molecule has 1 spiro atoms. The summed E-state index contributed by atoms with van der Waals surface area (Å²) in [6.07, 6.45) is 3.13. The maximum absolute atomic E-state index is 12.8. The van der Waals surface area contributed by atoms with Crippen LogP contribution < -0.4 is 0 Å². The highest BCUT2D eigenvalue weighted by Gasteiger charge is 2.67. The monoisotopic (exact) mass is 325 g/mol. The van der Waals surface area contributed by atoms with Gasteiger partial charge in [-0.05, 0) is 12.1 Å². The van der Waals surface area contributed by atoms with Gasteiger partial charge in [-0.3, -0.25) is 9.59 Å². The Morgan fingerprint density at radius 2 is 2.29 bits per heavy atom. The summed E-state index contributed by atoms with van der Waals surface area (Å²) in [7, 11) is 0. The molecule has 2 aromatic rings. The number of para-hydroxylation sites is 2. The highest BCUT2D eigenvalue weighted by atomic mass is 16.5. The van der Waals surface area contributed by atoms with E-state index in [9.17, 15) is 14.7 Å². The van der Waals surface area contributed by atoms with E-state index in [4.69, 9.17) is 4.74 Å². The number of carbonyl (C=O) groups is 2. The Balaban J connectivity index is 1.46. The number of ether oxygens (including phenoxy) is 1. The molecule has 2 N–H and O–H groups in total. The smallest absolute Gasteiger partial charge is 0.310 e. The first-order chi connectivity index (χ1) is 11.6. The van der Waals surface area contributed by atoms with Crippen molar-refractivity contribution in [2.45, 2.75) is 18.2 Å². The molecule has 4 unspecified atom stereocenters. The Labute approximate surface area is 136 Å². The van der Waals surface area contributed by atoms with E-state index in [1.807, 2.05) is 30.3 Å². The molecule has 122 valence electrons. The quantitative estimate of drug-likeness (QED) is 0.819. The second-order valence-corrected chi connectivity index (χ2v) is 6.63. The van der Waals surface area contributed by atoms with Gasteiger partial charge in [-0.15, -0.1) is 0 Å². The summed E-state index contributed by atoms with van der Waals surface area (Å²) in [5.41, 5.74) is 0.965. The van der Waals surface area contributed by atoms with Crippen LogP contribution in [0, 0.1) is 11.8 Å². The number of carbonyl (C=O) groups excluding carboxylic acids is 1. The molecular formula is C17H15N3O4. The number of benzene rings is 1. The number of nitrogens with one attached hydrogen (secondary N) is 1. The maximum atomic E-state index is 12.8. The number of aliphatic carboxylic acids is 1. The summed E-state index contributed by atoms with van der Waals surface area (Å²) in [5.74, 6) is -1.91. The summed E-state index contributed by atoms with van der Waals surface area (Å²) < 4.78 is 5.87. The normalized spacial score (nSPS) is 33.6. The topological polar surface area (TPSA) is 95.5 Å². The predicted molar refractivity (Wildman–Crippen MR) is 82.9 cm³/mol. The van der Waals surface area contributed by atoms with Gasteiger partial charge in [-0.25, -0.2) is 4.98 Å². The maximum Gasteiger partial charge on any atom is 0.310 e. The van der Waals surface area contributed by atoms with E-state index in [2.05, 4.69) is 9.97 Å². The van der Waals surface area contributed by atoms with Crippen LogP contribution in [0.4, 0.5) is 0 Å². The minimum absolute atomic E-state index is 0.172. The number of carboxylic acids is 1. The number of fused-ring (bicyclic) bond motifs is 2. The van der Waals surface area contributed by atoms with Crippen molar-refractivity contribution >= 4 is 22.9 Å². The molecule has 7 nitrogen and oxygen atoms in total. The van der Waals surface area contributed by atoms with E-state index >= 15 is 0 Å². The predicted octanol–water partition coefficient (Wildman–Crippen LogP) is 0.929. The van der Waals surface area contributed by atoms with Crippen LogP contribution in [-0.4, -0.2) is 50.1 Å². The van der Waals surface area contributed by atoms with Gasteiger partial charge in [0.25, 0.3) is 0 Å². The van der Waals surface area contributed by atoms with Crippen molar-refractivity contribution in [3.8, 4) is 0 Å². The minimum atomic E-state index is -0.977. The van der Waals surface area contributed by atoms with Gasteiger partial charge in [0.1, 0.15) is 17.3 Å². The van der Waals surface area contributed by atoms with Crippen LogP contribution in [0.25, 0.3) is 11.0 Å². The van der Waals surface area contributed by atoms with Crippen LogP contribution in [0.5, 0.6) is 0 Å². The number of carboxylic acid groups (broad SMARTS) is 1. The number of amides is 1. The highest BCUT2D eigenvalue weighted by Crippen LogP contribution is 2.52. The van der Waals surface area contributed by atoms with E-state index in [0.29, 0.717) is 18.9 Å². The summed E-state index contributed by atoms with van der Waals surface area (Å²) in [4.78, 5) is 33.7. The van der Waals surface area contributed by atoms with Gasteiger partial charge in [0.2, 0.25) is 5.91 Å². The number of hydrogen-bond donors (Lipinski definition) is 2. The lowest BCUT2D eigenvalue weighted by molar-refractivity contribution is -0.148. The zero-order valence-electron chi connectivity index (χ0n) is 12.7. The number of rotatable bonds is 3. The van der Waals surface area contributed by atoms with Crippen molar-refractivity contribution in [3.05, 3.63) is 42.2 Å². The molecule has 4 atom stereocenters. The first-order valence-electron chi connectivity index (χ1n) is 7.90. The molecule has 1 aromatic carbocycles. The summed E-state index contributed by atoms with van der Waals surface area (Å²) in [6.45, 7) is 0.685. The lowest BCUT2D eigenvalue weighted by Crippen LogP contribution is -2.39. The average Bonchev–Trinajstić information content (AvgIpc) is 3.27. The van der Waals surface area contributed by atoms with Crippen molar-refractivity contribution in [3.63, 3.8) is 0 Å². The van der Waals surface area contributed by atoms with Crippen LogP contribution in [0.3, 0.4) is 0 Å². The molecule has 7 heteroatoms. The number of H-pyrrole nitrogens is 1. The zero-order chi connectivity index (χ0) is 16.5. The van der Waals surface area contributed by atoms with Crippen LogP contribution in [-0.2, 0) is 20.9 Å². The van der Waals surface area contributed by atoms with E-state index in [1.165, 1.54) is 0 Å². The Kier molecular flexibility index (Phi) is 2.55. The number of likely N-dealkylation sites (tertiary alicyclic amines) is 1. The number of nitrogens with zero attached hydrogens (tertiary/aromatic N) is 2. The molecule has 1 aromatic heterocycles. The third kappa shape index (κ3) is 1.67. The van der Waals surface area contributed by atoms with Crippen molar-refractivity contribution < 1.29 is 19.4 Å². The summed E-state index contributed by atoms with van der Waals surface area (Å²) >= 11 is 0. The average molecular weight is 325 g/mol. The zero-order valence-corrected chi connectivity index (χ0v) is 12.7. The van der Waals surface area contributed by atoms with E-state index in [-0.39, 0.29) is 5.91 Å². The van der Waals surface area contributed by atoms with Crippen LogP contribution in [0.2, 0.25) is 0 Å². The molecule has 4 heterocycles. The molecule has 2 bridgehead atoms. The second-order valence-electron chi connectivity index (χ2n) is 6.63. The fourth-order valence-corrected chi connectivity index (χ4v) is 4.26. The lowest BCUT2D eigenvalue weighted by Gasteiger charge is -2.21. The molecule has 0 saturated carbocycles. The number of hydrogen-bond acceptors (Lipinski definition) is 4. The van der Waals surface area contributed by atoms with E-state index in [0.717, 1.165) is 11.0 Å². The summed E-state index contributed by atoms with van der Waals surface area (Å²) in [6, 6.07) is 7.66. The Morgan fingerprint density at radius 3 is 3.08 bits per heavy atom. The highest BCUT2D eigenvalue weighted by molar-refractivity contribution is 5.90. The van der Waals surface area contributed by atoms with Crippen molar-refractivity contribution in [1.29, 1.82) is 0 Å². The molecule has 5 rings (SSSR count). The molecule has 2 fully saturated rings. The standard InChI is InChI=1S/C17H15N3O4/c21-15-14-13(16(22)23)11-5-6-17(14,24-11)8-20(15)7-12-18-9-3-1-2-4-10(9)19-12/h1-6,11,13-14H,7-8H2,(H,18,19)(H,22,23). The number of aromatic nitrogens is 2. The molecule has 3 aliphatic rings. The first-order valence-corrected chi connectivity index (χ1v) is 7.90. The van der Waals surface area contributed by atoms with Gasteiger partial charge in [0, 0.05) is 0 Å². The van der Waals surface area contributed by atoms with Crippen LogP contribution >= 0.6 is 0 Å². The fraction of sp³-hybridized carbons (Fsp3) is 0.353. The Hall–Kier alpha value is -2.67. The third-order valence-corrected chi connectivity index (χ3v) is 5.24.